The third-order valence-corrected chi connectivity index (χ3v) is 7.87. The third-order valence-electron chi connectivity index (χ3n) is 5.98. The van der Waals surface area contributed by atoms with Gasteiger partial charge in [0.2, 0.25) is 10.0 Å². The van der Waals surface area contributed by atoms with Crippen LogP contribution in [0.1, 0.15) is 19.8 Å². The molecule has 11 heteroatoms. The second kappa shape index (κ2) is 10.6. The molecule has 0 aliphatic carbocycles. The number of hydrogen-bond acceptors (Lipinski definition) is 8. The van der Waals surface area contributed by atoms with Crippen LogP contribution in [0.4, 0.5) is 11.4 Å². The number of nitro benzene ring substituents is 1. The fraction of sp³-hybridized carbons (Fsp3) is 0.478. The van der Waals surface area contributed by atoms with Crippen molar-refractivity contribution in [2.75, 3.05) is 50.9 Å². The Morgan fingerprint density at radius 3 is 2.38 bits per heavy atom. The molecule has 0 spiro atoms. The first-order valence-electron chi connectivity index (χ1n) is 11.4. The second-order valence-corrected chi connectivity index (χ2v) is 10.0. The summed E-state index contributed by atoms with van der Waals surface area (Å²) in [5, 5.41) is 11.8. The third kappa shape index (κ3) is 5.26. The Morgan fingerprint density at radius 1 is 1.06 bits per heavy atom. The lowest BCUT2D eigenvalue weighted by molar-refractivity contribution is -0.384. The van der Waals surface area contributed by atoms with Gasteiger partial charge in [-0.25, -0.2) is 8.42 Å². The van der Waals surface area contributed by atoms with Crippen LogP contribution in [0.5, 0.6) is 11.5 Å². The van der Waals surface area contributed by atoms with Crippen molar-refractivity contribution in [2.45, 2.75) is 30.8 Å². The summed E-state index contributed by atoms with van der Waals surface area (Å²) in [6.07, 6.45) is 1.30. The molecule has 0 amide bonds. The van der Waals surface area contributed by atoms with Crippen LogP contribution in [0, 0.1) is 10.1 Å². The molecule has 4 rings (SSSR count). The first kappa shape index (κ1) is 24.2. The molecule has 0 saturated carbocycles. The molecule has 2 aliphatic rings. The van der Waals surface area contributed by atoms with Crippen LogP contribution in [0.15, 0.2) is 47.4 Å². The number of nitrogens with zero attached hydrogens (tertiary/aromatic N) is 3. The van der Waals surface area contributed by atoms with E-state index < -0.39 is 14.9 Å². The molecular formula is C23H29N3O7S. The van der Waals surface area contributed by atoms with Gasteiger partial charge in [0, 0.05) is 45.1 Å². The van der Waals surface area contributed by atoms with E-state index in [2.05, 4.69) is 0 Å². The van der Waals surface area contributed by atoms with Gasteiger partial charge in [-0.05, 0) is 31.2 Å². The van der Waals surface area contributed by atoms with Crippen molar-refractivity contribution in [3.8, 4) is 11.5 Å². The fourth-order valence-corrected chi connectivity index (χ4v) is 5.66. The largest absolute Gasteiger partial charge is 0.490 e. The highest BCUT2D eigenvalue weighted by atomic mass is 32.2. The SMILES string of the molecule is CCOc1ccccc1OC1CCN(c2ccc(S(=O)(=O)N3CCOCC3)cc2[N+](=O)[O-])CC1. The Kier molecular flexibility index (Phi) is 7.54. The molecule has 34 heavy (non-hydrogen) atoms. The molecule has 0 radical (unpaired) electrons. The van der Waals surface area contributed by atoms with Crippen LogP contribution in [-0.2, 0) is 14.8 Å². The zero-order valence-electron chi connectivity index (χ0n) is 19.1. The molecule has 2 heterocycles. The highest BCUT2D eigenvalue weighted by Gasteiger charge is 2.31. The van der Waals surface area contributed by atoms with E-state index in [-0.39, 0.29) is 29.8 Å². The molecule has 0 atom stereocenters. The van der Waals surface area contributed by atoms with E-state index in [4.69, 9.17) is 14.2 Å². The first-order chi connectivity index (χ1) is 16.4. The Balaban J connectivity index is 1.47. The van der Waals surface area contributed by atoms with E-state index in [1.165, 1.54) is 22.5 Å². The number of nitro groups is 1. The number of ether oxygens (including phenoxy) is 3. The number of hydrogen-bond donors (Lipinski definition) is 0. The van der Waals surface area contributed by atoms with Crippen molar-refractivity contribution < 1.29 is 27.6 Å². The minimum absolute atomic E-state index is 0.0436. The van der Waals surface area contributed by atoms with Crippen LogP contribution in [0.3, 0.4) is 0 Å². The summed E-state index contributed by atoms with van der Waals surface area (Å²) in [6, 6.07) is 11.7. The monoisotopic (exact) mass is 491 g/mol. The Labute approximate surface area is 199 Å². The molecule has 2 aliphatic heterocycles. The number of morpholine rings is 1. The van der Waals surface area contributed by atoms with Crippen molar-refractivity contribution in [2.24, 2.45) is 0 Å². The number of rotatable bonds is 8. The molecule has 2 saturated heterocycles. The van der Waals surface area contributed by atoms with Gasteiger partial charge >= 0.3 is 0 Å². The summed E-state index contributed by atoms with van der Waals surface area (Å²) < 4.78 is 44.2. The molecule has 0 aromatic heterocycles. The molecular weight excluding hydrogens is 462 g/mol. The van der Waals surface area contributed by atoms with Gasteiger partial charge in [0.1, 0.15) is 11.8 Å². The first-order valence-corrected chi connectivity index (χ1v) is 12.8. The predicted molar refractivity (Wildman–Crippen MR) is 126 cm³/mol. The van der Waals surface area contributed by atoms with Crippen molar-refractivity contribution in [3.63, 3.8) is 0 Å². The van der Waals surface area contributed by atoms with Crippen molar-refractivity contribution in [1.29, 1.82) is 0 Å². The van der Waals surface area contributed by atoms with Gasteiger partial charge < -0.3 is 19.1 Å². The van der Waals surface area contributed by atoms with E-state index in [1.54, 1.807) is 0 Å². The molecule has 0 bridgehead atoms. The van der Waals surface area contributed by atoms with Crippen LogP contribution in [0.25, 0.3) is 0 Å². The zero-order valence-corrected chi connectivity index (χ0v) is 19.9. The molecule has 0 unspecified atom stereocenters. The van der Waals surface area contributed by atoms with Gasteiger partial charge in [0.05, 0.1) is 29.6 Å². The molecule has 0 N–H and O–H groups in total. The van der Waals surface area contributed by atoms with Gasteiger partial charge in [0.15, 0.2) is 11.5 Å². The summed E-state index contributed by atoms with van der Waals surface area (Å²) in [6.45, 7) is 4.65. The normalized spacial score (nSPS) is 18.0. The van der Waals surface area contributed by atoms with E-state index in [0.29, 0.717) is 62.9 Å². The van der Waals surface area contributed by atoms with Crippen LogP contribution >= 0.6 is 0 Å². The smallest absolute Gasteiger partial charge is 0.293 e. The lowest BCUT2D eigenvalue weighted by atomic mass is 10.1. The van der Waals surface area contributed by atoms with Gasteiger partial charge in [-0.15, -0.1) is 0 Å². The van der Waals surface area contributed by atoms with Crippen molar-refractivity contribution in [3.05, 3.63) is 52.6 Å². The van der Waals surface area contributed by atoms with E-state index in [0.717, 1.165) is 0 Å². The molecule has 2 fully saturated rings. The van der Waals surface area contributed by atoms with Crippen LogP contribution in [0.2, 0.25) is 0 Å². The maximum atomic E-state index is 12.9. The average molecular weight is 492 g/mol. The second-order valence-electron chi connectivity index (χ2n) is 8.11. The minimum atomic E-state index is -3.82. The number of anilines is 1. The fourth-order valence-electron chi connectivity index (χ4n) is 4.23. The summed E-state index contributed by atoms with van der Waals surface area (Å²) in [5.74, 6) is 1.38. The number of sulfonamides is 1. The zero-order chi connectivity index (χ0) is 24.1. The van der Waals surface area contributed by atoms with Crippen LogP contribution in [-0.4, -0.2) is 69.7 Å². The maximum absolute atomic E-state index is 12.9. The Hall–Kier alpha value is -2.89. The molecule has 10 nitrogen and oxygen atoms in total. The Morgan fingerprint density at radius 2 is 1.74 bits per heavy atom. The van der Waals surface area contributed by atoms with Gasteiger partial charge in [-0.2, -0.15) is 4.31 Å². The van der Waals surface area contributed by atoms with E-state index in [9.17, 15) is 18.5 Å². The van der Waals surface area contributed by atoms with E-state index >= 15 is 0 Å². The molecule has 2 aromatic rings. The average Bonchev–Trinajstić information content (AvgIpc) is 2.86. The van der Waals surface area contributed by atoms with Crippen molar-refractivity contribution >= 4 is 21.4 Å². The maximum Gasteiger partial charge on any atom is 0.293 e. The van der Waals surface area contributed by atoms with Crippen LogP contribution < -0.4 is 14.4 Å². The summed E-state index contributed by atoms with van der Waals surface area (Å²) in [4.78, 5) is 13.2. The Bertz CT molecular complexity index is 1110. The van der Waals surface area contributed by atoms with Gasteiger partial charge in [-0.3, -0.25) is 10.1 Å². The number of piperidine rings is 1. The summed E-state index contributed by atoms with van der Waals surface area (Å²) in [7, 11) is -3.82. The summed E-state index contributed by atoms with van der Waals surface area (Å²) >= 11 is 0. The molecule has 2 aromatic carbocycles. The topological polar surface area (TPSA) is 111 Å². The predicted octanol–water partition coefficient (Wildman–Crippen LogP) is 3.06. The minimum Gasteiger partial charge on any atom is -0.490 e. The summed E-state index contributed by atoms with van der Waals surface area (Å²) in [5.41, 5.74) is 0.203. The lowest BCUT2D eigenvalue weighted by Gasteiger charge is -2.33. The quantitative estimate of drug-likeness (QED) is 0.409. The van der Waals surface area contributed by atoms with Gasteiger partial charge in [-0.1, -0.05) is 12.1 Å². The molecule has 184 valence electrons. The van der Waals surface area contributed by atoms with Gasteiger partial charge in [0.25, 0.3) is 5.69 Å². The highest BCUT2D eigenvalue weighted by molar-refractivity contribution is 7.89. The van der Waals surface area contributed by atoms with Crippen molar-refractivity contribution in [1.82, 2.24) is 4.31 Å². The lowest BCUT2D eigenvalue weighted by Crippen LogP contribution is -2.40. The number of para-hydroxylation sites is 2. The standard InChI is InChI=1S/C23H29N3O7S/c1-2-32-22-5-3-4-6-23(22)33-18-9-11-24(12-10-18)20-8-7-19(17-21(20)26(27)28)34(29,30)25-13-15-31-16-14-25/h3-8,17-18H,2,9-16H2,1H3. The van der Waals surface area contributed by atoms with E-state index in [1.807, 2.05) is 36.1 Å². The highest BCUT2D eigenvalue weighted by Crippen LogP contribution is 2.35. The number of benzene rings is 2.